The largest absolute Gasteiger partial charge is 0.489 e. The molecule has 1 heterocycles. The van der Waals surface area contributed by atoms with Gasteiger partial charge in [-0.05, 0) is 31.7 Å². The zero-order valence-electron chi connectivity index (χ0n) is 11.2. The van der Waals surface area contributed by atoms with Gasteiger partial charge in [-0.3, -0.25) is 0 Å². The molecule has 4 heteroatoms. The number of aryl methyl sites for hydroxylation is 1. The van der Waals surface area contributed by atoms with Crippen LogP contribution in [-0.4, -0.2) is 6.54 Å². The van der Waals surface area contributed by atoms with Crippen molar-refractivity contribution in [2.45, 2.75) is 27.0 Å². The normalized spacial score (nSPS) is 10.7. The first-order valence-corrected chi connectivity index (χ1v) is 7.18. The van der Waals surface area contributed by atoms with Crippen LogP contribution in [0.3, 0.4) is 0 Å². The minimum atomic E-state index is -0.271. The predicted octanol–water partition coefficient (Wildman–Crippen LogP) is 3.88. The Morgan fingerprint density at radius 1 is 1.32 bits per heavy atom. The Morgan fingerprint density at radius 2 is 2.16 bits per heavy atom. The van der Waals surface area contributed by atoms with E-state index in [1.807, 2.05) is 0 Å². The average molecular weight is 279 g/mol. The van der Waals surface area contributed by atoms with Gasteiger partial charge in [0.25, 0.3) is 0 Å². The van der Waals surface area contributed by atoms with Gasteiger partial charge in [0.2, 0.25) is 0 Å². The summed E-state index contributed by atoms with van der Waals surface area (Å²) in [5.74, 6) is 0.297. The summed E-state index contributed by atoms with van der Waals surface area (Å²) in [6, 6.07) is 8.40. The number of nitrogens with one attached hydrogen (secondary N) is 1. The third-order valence-corrected chi connectivity index (χ3v) is 3.90. The number of hydrogen-bond acceptors (Lipinski definition) is 3. The molecule has 0 aliphatic heterocycles. The fraction of sp³-hybridized carbons (Fsp3) is 0.333. The smallest absolute Gasteiger partial charge is 0.126 e. The molecule has 0 amide bonds. The van der Waals surface area contributed by atoms with Crippen LogP contribution in [0.15, 0.2) is 30.3 Å². The topological polar surface area (TPSA) is 21.3 Å². The van der Waals surface area contributed by atoms with E-state index < -0.39 is 0 Å². The molecule has 0 unspecified atom stereocenters. The van der Waals surface area contributed by atoms with Gasteiger partial charge < -0.3 is 10.1 Å². The van der Waals surface area contributed by atoms with Crippen LogP contribution in [0.2, 0.25) is 0 Å². The maximum atomic E-state index is 13.0. The van der Waals surface area contributed by atoms with Gasteiger partial charge in [-0.2, -0.15) is 0 Å². The molecule has 0 bridgehead atoms. The van der Waals surface area contributed by atoms with Crippen LogP contribution in [0.4, 0.5) is 4.39 Å². The molecule has 2 rings (SSSR count). The lowest BCUT2D eigenvalue weighted by atomic mass is 10.2. The van der Waals surface area contributed by atoms with Gasteiger partial charge in [0.05, 0.1) is 0 Å². The number of thiophene rings is 1. The van der Waals surface area contributed by atoms with Crippen molar-refractivity contribution in [3.05, 3.63) is 51.5 Å². The van der Waals surface area contributed by atoms with Crippen molar-refractivity contribution in [3.63, 3.8) is 0 Å². The number of halogens is 1. The second kappa shape index (κ2) is 6.68. The molecule has 1 N–H and O–H groups in total. The van der Waals surface area contributed by atoms with Crippen LogP contribution >= 0.6 is 11.3 Å². The Bertz CT molecular complexity index is 539. The van der Waals surface area contributed by atoms with E-state index in [0.717, 1.165) is 13.1 Å². The summed E-state index contributed by atoms with van der Waals surface area (Å²) >= 11 is 1.78. The van der Waals surface area contributed by atoms with E-state index in [9.17, 15) is 4.39 Å². The molecule has 2 nitrogen and oxygen atoms in total. The summed E-state index contributed by atoms with van der Waals surface area (Å²) < 4.78 is 18.6. The average Bonchev–Trinajstić information content (AvgIpc) is 2.75. The minimum absolute atomic E-state index is 0.271. The monoisotopic (exact) mass is 279 g/mol. The molecule has 0 atom stereocenters. The van der Waals surface area contributed by atoms with Gasteiger partial charge >= 0.3 is 0 Å². The van der Waals surface area contributed by atoms with Crippen LogP contribution in [0.1, 0.15) is 22.2 Å². The SMILES string of the molecule is CCNCc1cc(COc2cccc(F)c2)c(C)s1. The number of ether oxygens (including phenoxy) is 1. The van der Waals surface area contributed by atoms with Crippen molar-refractivity contribution in [2.24, 2.45) is 0 Å². The Hall–Kier alpha value is -1.39. The van der Waals surface area contributed by atoms with Crippen molar-refractivity contribution in [1.82, 2.24) is 5.32 Å². The molecule has 1 aromatic heterocycles. The van der Waals surface area contributed by atoms with Gasteiger partial charge in [-0.25, -0.2) is 4.39 Å². The third-order valence-electron chi connectivity index (χ3n) is 2.81. The third kappa shape index (κ3) is 4.04. The molecule has 0 spiro atoms. The first-order chi connectivity index (χ1) is 9.19. The molecule has 19 heavy (non-hydrogen) atoms. The molecule has 0 aliphatic carbocycles. The summed E-state index contributed by atoms with van der Waals surface area (Å²) in [5, 5.41) is 3.31. The lowest BCUT2D eigenvalue weighted by Crippen LogP contribution is -2.10. The molecule has 102 valence electrons. The molecular formula is C15H18FNOS. The minimum Gasteiger partial charge on any atom is -0.489 e. The fourth-order valence-electron chi connectivity index (χ4n) is 1.78. The highest BCUT2D eigenvalue weighted by Gasteiger charge is 2.06. The van der Waals surface area contributed by atoms with E-state index in [-0.39, 0.29) is 5.82 Å². The van der Waals surface area contributed by atoms with Gasteiger partial charge in [-0.1, -0.05) is 13.0 Å². The van der Waals surface area contributed by atoms with E-state index in [2.05, 4.69) is 25.2 Å². The highest BCUT2D eigenvalue weighted by atomic mass is 32.1. The van der Waals surface area contributed by atoms with E-state index >= 15 is 0 Å². The lowest BCUT2D eigenvalue weighted by molar-refractivity contribution is 0.304. The maximum absolute atomic E-state index is 13.0. The van der Waals surface area contributed by atoms with Crippen LogP contribution in [-0.2, 0) is 13.2 Å². The highest BCUT2D eigenvalue weighted by molar-refractivity contribution is 7.12. The van der Waals surface area contributed by atoms with Crippen molar-refractivity contribution in [2.75, 3.05) is 6.54 Å². The molecule has 0 radical (unpaired) electrons. The molecule has 0 fully saturated rings. The van der Waals surface area contributed by atoms with E-state index in [4.69, 9.17) is 4.74 Å². The zero-order valence-corrected chi connectivity index (χ0v) is 12.0. The van der Waals surface area contributed by atoms with Crippen molar-refractivity contribution >= 4 is 11.3 Å². The second-order valence-electron chi connectivity index (χ2n) is 4.32. The zero-order chi connectivity index (χ0) is 13.7. The lowest BCUT2D eigenvalue weighted by Gasteiger charge is -2.05. The molecular weight excluding hydrogens is 261 g/mol. The Kier molecular flexibility index (Phi) is 4.93. The molecule has 0 saturated heterocycles. The standard InChI is InChI=1S/C15H18FNOS/c1-3-17-9-15-7-12(11(2)19-15)10-18-14-6-4-5-13(16)8-14/h4-8,17H,3,9-10H2,1-2H3. The van der Waals surface area contributed by atoms with Crippen LogP contribution in [0.5, 0.6) is 5.75 Å². The van der Waals surface area contributed by atoms with E-state index in [0.29, 0.717) is 12.4 Å². The van der Waals surface area contributed by atoms with E-state index in [1.54, 1.807) is 23.5 Å². The van der Waals surface area contributed by atoms with Crippen LogP contribution < -0.4 is 10.1 Å². The molecule has 2 aromatic rings. The Balaban J connectivity index is 1.97. The molecule has 0 aliphatic rings. The number of benzene rings is 1. The maximum Gasteiger partial charge on any atom is 0.126 e. The van der Waals surface area contributed by atoms with Crippen LogP contribution in [0, 0.1) is 12.7 Å². The van der Waals surface area contributed by atoms with E-state index in [1.165, 1.54) is 27.5 Å². The number of rotatable bonds is 6. The van der Waals surface area contributed by atoms with Gasteiger partial charge in [0, 0.05) is 27.9 Å². The van der Waals surface area contributed by atoms with Crippen molar-refractivity contribution in [1.29, 1.82) is 0 Å². The summed E-state index contributed by atoms with van der Waals surface area (Å²) in [5.41, 5.74) is 1.17. The first-order valence-electron chi connectivity index (χ1n) is 6.36. The molecule has 1 aromatic carbocycles. The van der Waals surface area contributed by atoms with Gasteiger partial charge in [-0.15, -0.1) is 11.3 Å². The molecule has 0 saturated carbocycles. The predicted molar refractivity (Wildman–Crippen MR) is 77.2 cm³/mol. The summed E-state index contributed by atoms with van der Waals surface area (Å²) in [6.07, 6.45) is 0. The summed E-state index contributed by atoms with van der Waals surface area (Å²) in [6.45, 7) is 6.52. The van der Waals surface area contributed by atoms with Gasteiger partial charge in [0.15, 0.2) is 0 Å². The first kappa shape index (κ1) is 14.0. The Labute approximate surface area is 117 Å². The summed E-state index contributed by atoms with van der Waals surface area (Å²) in [7, 11) is 0. The quantitative estimate of drug-likeness (QED) is 0.866. The van der Waals surface area contributed by atoms with Crippen LogP contribution in [0.25, 0.3) is 0 Å². The Morgan fingerprint density at radius 3 is 2.89 bits per heavy atom. The number of hydrogen-bond donors (Lipinski definition) is 1. The highest BCUT2D eigenvalue weighted by Crippen LogP contribution is 2.23. The van der Waals surface area contributed by atoms with Gasteiger partial charge in [0.1, 0.15) is 18.2 Å². The van der Waals surface area contributed by atoms with Crippen molar-refractivity contribution < 1.29 is 9.13 Å². The van der Waals surface area contributed by atoms with Crippen molar-refractivity contribution in [3.8, 4) is 5.75 Å². The second-order valence-corrected chi connectivity index (χ2v) is 5.66. The summed E-state index contributed by atoms with van der Waals surface area (Å²) in [4.78, 5) is 2.56. The fourth-order valence-corrected chi connectivity index (χ4v) is 2.80.